The van der Waals surface area contributed by atoms with E-state index < -0.39 is 18.2 Å². The molecule has 2 aliphatic rings. The first-order chi connectivity index (χ1) is 11.5. The summed E-state index contributed by atoms with van der Waals surface area (Å²) in [5, 5.41) is 0. The fourth-order valence-electron chi connectivity index (χ4n) is 4.03. The number of hydrogen-bond donors (Lipinski definition) is 1. The first kappa shape index (κ1) is 17.5. The standard InChI is InChI=1S/C17H23F3N2O2/c18-14-7-12(1-2-15(14)24-16(19)20)9-22-10-13(8-21)17(11-22)3-5-23-6-4-17/h1-2,7,13,16H,3-6,8-11,21H2. The summed E-state index contributed by atoms with van der Waals surface area (Å²) in [5.74, 6) is -0.772. The number of nitrogens with two attached hydrogens (primary N) is 1. The molecule has 2 aliphatic heterocycles. The van der Waals surface area contributed by atoms with Crippen molar-refractivity contribution in [2.45, 2.75) is 26.0 Å². The lowest BCUT2D eigenvalue weighted by Crippen LogP contribution is -2.39. The monoisotopic (exact) mass is 344 g/mol. The van der Waals surface area contributed by atoms with E-state index in [0.29, 0.717) is 19.0 Å². The predicted octanol–water partition coefficient (Wildman–Crippen LogP) is 2.61. The normalized spacial score (nSPS) is 24.0. The zero-order valence-corrected chi connectivity index (χ0v) is 13.5. The number of benzene rings is 1. The molecule has 7 heteroatoms. The molecule has 0 aromatic heterocycles. The molecule has 1 atom stereocenters. The Labute approximate surface area is 139 Å². The molecule has 0 aliphatic carbocycles. The van der Waals surface area contributed by atoms with Crippen LogP contribution in [0.4, 0.5) is 13.2 Å². The van der Waals surface area contributed by atoms with Crippen molar-refractivity contribution in [3.63, 3.8) is 0 Å². The quantitative estimate of drug-likeness (QED) is 0.892. The average molecular weight is 344 g/mol. The lowest BCUT2D eigenvalue weighted by Gasteiger charge is -2.37. The van der Waals surface area contributed by atoms with Gasteiger partial charge < -0.3 is 15.2 Å². The van der Waals surface area contributed by atoms with Crippen LogP contribution >= 0.6 is 0 Å². The van der Waals surface area contributed by atoms with Gasteiger partial charge in [0.2, 0.25) is 0 Å². The van der Waals surface area contributed by atoms with Crippen LogP contribution in [0.1, 0.15) is 18.4 Å². The van der Waals surface area contributed by atoms with Gasteiger partial charge in [0.25, 0.3) is 0 Å². The molecule has 1 aromatic rings. The summed E-state index contributed by atoms with van der Waals surface area (Å²) in [6.07, 6.45) is 2.00. The predicted molar refractivity (Wildman–Crippen MR) is 83.3 cm³/mol. The Kier molecular flexibility index (Phi) is 5.32. The van der Waals surface area contributed by atoms with Gasteiger partial charge >= 0.3 is 6.61 Å². The zero-order chi connectivity index (χ0) is 17.2. The second-order valence-electron chi connectivity index (χ2n) is 6.72. The number of nitrogens with zero attached hydrogens (tertiary/aromatic N) is 1. The van der Waals surface area contributed by atoms with E-state index in [1.54, 1.807) is 6.07 Å². The van der Waals surface area contributed by atoms with Crippen molar-refractivity contribution >= 4 is 0 Å². The molecule has 24 heavy (non-hydrogen) atoms. The molecule has 0 bridgehead atoms. The van der Waals surface area contributed by atoms with Crippen LogP contribution < -0.4 is 10.5 Å². The van der Waals surface area contributed by atoms with Crippen LogP contribution in [0.3, 0.4) is 0 Å². The minimum absolute atomic E-state index is 0.185. The maximum absolute atomic E-state index is 13.9. The third-order valence-electron chi connectivity index (χ3n) is 5.27. The van der Waals surface area contributed by atoms with Gasteiger partial charge in [0.15, 0.2) is 11.6 Å². The molecule has 4 nitrogen and oxygen atoms in total. The number of ether oxygens (including phenoxy) is 2. The van der Waals surface area contributed by atoms with Crippen LogP contribution in [0.5, 0.6) is 5.75 Å². The van der Waals surface area contributed by atoms with Crippen molar-refractivity contribution in [1.29, 1.82) is 0 Å². The van der Waals surface area contributed by atoms with Crippen LogP contribution in [0, 0.1) is 17.2 Å². The van der Waals surface area contributed by atoms with Gasteiger partial charge in [0.05, 0.1) is 0 Å². The molecule has 0 saturated carbocycles. The van der Waals surface area contributed by atoms with E-state index in [1.165, 1.54) is 12.1 Å². The summed E-state index contributed by atoms with van der Waals surface area (Å²) in [6.45, 7) is 1.49. The molecule has 2 heterocycles. The molecule has 1 unspecified atom stereocenters. The summed E-state index contributed by atoms with van der Waals surface area (Å²) in [6, 6.07) is 4.16. The molecule has 1 aromatic carbocycles. The average Bonchev–Trinajstić information content (AvgIpc) is 2.87. The topological polar surface area (TPSA) is 47.7 Å². The zero-order valence-electron chi connectivity index (χ0n) is 13.5. The maximum atomic E-state index is 13.9. The second kappa shape index (κ2) is 7.29. The summed E-state index contributed by atoms with van der Waals surface area (Å²) in [7, 11) is 0. The fraction of sp³-hybridized carbons (Fsp3) is 0.647. The van der Waals surface area contributed by atoms with Crippen molar-refractivity contribution in [2.75, 3.05) is 32.8 Å². The molecule has 0 amide bonds. The lowest BCUT2D eigenvalue weighted by molar-refractivity contribution is -0.0522. The summed E-state index contributed by atoms with van der Waals surface area (Å²) in [5.41, 5.74) is 6.90. The second-order valence-corrected chi connectivity index (χ2v) is 6.72. The van der Waals surface area contributed by atoms with Gasteiger partial charge in [-0.1, -0.05) is 6.07 Å². The summed E-state index contributed by atoms with van der Waals surface area (Å²) in [4.78, 5) is 2.27. The van der Waals surface area contributed by atoms with Crippen LogP contribution in [0.25, 0.3) is 0 Å². The largest absolute Gasteiger partial charge is 0.432 e. The van der Waals surface area contributed by atoms with Gasteiger partial charge in [-0.3, -0.25) is 4.90 Å². The molecular weight excluding hydrogens is 321 g/mol. The van der Waals surface area contributed by atoms with Gasteiger partial charge in [-0.15, -0.1) is 0 Å². The molecule has 0 radical (unpaired) electrons. The van der Waals surface area contributed by atoms with E-state index in [-0.39, 0.29) is 5.41 Å². The minimum atomic E-state index is -3.03. The molecule has 2 N–H and O–H groups in total. The van der Waals surface area contributed by atoms with E-state index in [4.69, 9.17) is 10.5 Å². The Morgan fingerprint density at radius 3 is 2.71 bits per heavy atom. The highest BCUT2D eigenvalue weighted by Crippen LogP contribution is 2.44. The van der Waals surface area contributed by atoms with Gasteiger partial charge in [-0.25, -0.2) is 4.39 Å². The van der Waals surface area contributed by atoms with E-state index in [2.05, 4.69) is 9.64 Å². The highest BCUT2D eigenvalue weighted by Gasteiger charge is 2.46. The summed E-state index contributed by atoms with van der Waals surface area (Å²) < 4.78 is 47.9. The highest BCUT2D eigenvalue weighted by molar-refractivity contribution is 5.29. The van der Waals surface area contributed by atoms with Crippen molar-refractivity contribution in [3.8, 4) is 5.75 Å². The van der Waals surface area contributed by atoms with Crippen molar-refractivity contribution in [3.05, 3.63) is 29.6 Å². The van der Waals surface area contributed by atoms with Crippen LogP contribution in [-0.4, -0.2) is 44.4 Å². The van der Waals surface area contributed by atoms with Crippen LogP contribution in [-0.2, 0) is 11.3 Å². The number of halogens is 3. The Morgan fingerprint density at radius 2 is 2.08 bits per heavy atom. The Hall–Kier alpha value is -1.31. The van der Waals surface area contributed by atoms with Crippen molar-refractivity contribution in [1.82, 2.24) is 4.90 Å². The molecule has 134 valence electrons. The molecule has 2 saturated heterocycles. The Bertz CT molecular complexity index is 565. The van der Waals surface area contributed by atoms with Gasteiger partial charge in [-0.2, -0.15) is 8.78 Å². The molecule has 2 fully saturated rings. The number of alkyl halides is 2. The molecule has 1 spiro atoms. The first-order valence-corrected chi connectivity index (χ1v) is 8.26. The SMILES string of the molecule is NCC1CN(Cc2ccc(OC(F)F)c(F)c2)CC12CCOCC2. The van der Waals surface area contributed by atoms with Crippen molar-refractivity contribution in [2.24, 2.45) is 17.1 Å². The third kappa shape index (κ3) is 3.68. The minimum Gasteiger partial charge on any atom is -0.432 e. The van der Waals surface area contributed by atoms with E-state index in [9.17, 15) is 13.2 Å². The van der Waals surface area contributed by atoms with E-state index in [0.717, 1.165) is 44.7 Å². The van der Waals surface area contributed by atoms with Crippen molar-refractivity contribution < 1.29 is 22.6 Å². The Morgan fingerprint density at radius 1 is 1.33 bits per heavy atom. The molecular formula is C17H23F3N2O2. The van der Waals surface area contributed by atoms with Gasteiger partial charge in [0, 0.05) is 32.8 Å². The van der Waals surface area contributed by atoms with E-state index >= 15 is 0 Å². The highest BCUT2D eigenvalue weighted by atomic mass is 19.3. The lowest BCUT2D eigenvalue weighted by atomic mass is 9.72. The van der Waals surface area contributed by atoms with Gasteiger partial charge in [-0.05, 0) is 48.4 Å². The first-order valence-electron chi connectivity index (χ1n) is 8.26. The number of rotatable bonds is 5. The summed E-state index contributed by atoms with van der Waals surface area (Å²) >= 11 is 0. The maximum Gasteiger partial charge on any atom is 0.387 e. The molecule has 3 rings (SSSR count). The Balaban J connectivity index is 1.67. The van der Waals surface area contributed by atoms with E-state index in [1.807, 2.05) is 0 Å². The number of hydrogen-bond acceptors (Lipinski definition) is 4. The van der Waals surface area contributed by atoms with Gasteiger partial charge in [0.1, 0.15) is 0 Å². The van der Waals surface area contributed by atoms with Crippen LogP contribution in [0.15, 0.2) is 18.2 Å². The number of likely N-dealkylation sites (tertiary alicyclic amines) is 1. The van der Waals surface area contributed by atoms with Crippen LogP contribution in [0.2, 0.25) is 0 Å². The smallest absolute Gasteiger partial charge is 0.387 e. The third-order valence-corrected chi connectivity index (χ3v) is 5.27. The fourth-order valence-corrected chi connectivity index (χ4v) is 4.03.